The Balaban J connectivity index is 1.38. The molecule has 2 N–H and O–H groups in total. The Hall–Kier alpha value is -1.92. The van der Waals surface area contributed by atoms with E-state index in [1.807, 2.05) is 6.07 Å². The van der Waals surface area contributed by atoms with Gasteiger partial charge in [-0.1, -0.05) is 6.07 Å². The number of imidazole rings is 1. The summed E-state index contributed by atoms with van der Waals surface area (Å²) in [5.41, 5.74) is 4.48. The van der Waals surface area contributed by atoms with Gasteiger partial charge >= 0.3 is 0 Å². The number of fused-ring (bicyclic) bond motifs is 1. The smallest absolute Gasteiger partial charge is 0.246 e. The van der Waals surface area contributed by atoms with E-state index in [4.69, 9.17) is 9.47 Å². The van der Waals surface area contributed by atoms with E-state index in [-0.39, 0.29) is 18.6 Å². The van der Waals surface area contributed by atoms with Gasteiger partial charge < -0.3 is 19.8 Å². The highest BCUT2D eigenvalue weighted by Crippen LogP contribution is 2.19. The van der Waals surface area contributed by atoms with Gasteiger partial charge in [0.25, 0.3) is 0 Å². The predicted molar refractivity (Wildman–Crippen MR) is 96.7 cm³/mol. The van der Waals surface area contributed by atoms with Crippen LogP contribution in [0.15, 0.2) is 12.1 Å². The number of benzene rings is 1. The molecule has 2 aromatic rings. The highest BCUT2D eigenvalue weighted by Gasteiger charge is 2.14. The summed E-state index contributed by atoms with van der Waals surface area (Å²) < 4.78 is 11.0. The standard InChI is InChI=1S/C19H27N3O3/c1-13-6-7-16-19(14(13)2)22-17(21-16)8-9-20-18(23)12-24-11-15-5-3-4-10-25-15/h6-7,15H,3-5,8-12H2,1-2H3,(H,20,23)(H,21,22). The van der Waals surface area contributed by atoms with Gasteiger partial charge in [-0.3, -0.25) is 4.79 Å². The molecule has 3 rings (SSSR count). The number of nitrogens with one attached hydrogen (secondary N) is 2. The van der Waals surface area contributed by atoms with E-state index < -0.39 is 0 Å². The third-order valence-electron chi connectivity index (χ3n) is 4.72. The van der Waals surface area contributed by atoms with E-state index in [0.717, 1.165) is 36.3 Å². The van der Waals surface area contributed by atoms with Crippen molar-refractivity contribution in [1.29, 1.82) is 0 Å². The van der Waals surface area contributed by atoms with Crippen LogP contribution < -0.4 is 5.32 Å². The molecule has 1 saturated heterocycles. The maximum atomic E-state index is 11.8. The zero-order valence-corrected chi connectivity index (χ0v) is 15.1. The minimum atomic E-state index is -0.0982. The van der Waals surface area contributed by atoms with Crippen molar-refractivity contribution < 1.29 is 14.3 Å². The van der Waals surface area contributed by atoms with Crippen molar-refractivity contribution in [3.05, 3.63) is 29.1 Å². The predicted octanol–water partition coefficient (Wildman–Crippen LogP) is 2.42. The topological polar surface area (TPSA) is 76.2 Å². The molecule has 0 radical (unpaired) electrons. The molecule has 1 atom stereocenters. The molecule has 2 heterocycles. The molecule has 1 amide bonds. The Kier molecular flexibility index (Phi) is 6.04. The summed E-state index contributed by atoms with van der Waals surface area (Å²) in [6.07, 6.45) is 4.13. The Labute approximate surface area is 148 Å². The van der Waals surface area contributed by atoms with Gasteiger partial charge in [0.2, 0.25) is 5.91 Å². The molecule has 136 valence electrons. The second kappa shape index (κ2) is 8.45. The number of H-pyrrole nitrogens is 1. The summed E-state index contributed by atoms with van der Waals surface area (Å²) in [4.78, 5) is 19.8. The van der Waals surface area contributed by atoms with Gasteiger partial charge in [0.1, 0.15) is 12.4 Å². The number of amides is 1. The van der Waals surface area contributed by atoms with Crippen LogP contribution in [-0.4, -0.2) is 48.3 Å². The second-order valence-electron chi connectivity index (χ2n) is 6.69. The van der Waals surface area contributed by atoms with Crippen molar-refractivity contribution in [2.24, 2.45) is 0 Å². The number of hydrogen-bond donors (Lipinski definition) is 2. The minimum absolute atomic E-state index is 0.0816. The number of rotatable bonds is 7. The highest BCUT2D eigenvalue weighted by atomic mass is 16.5. The molecule has 25 heavy (non-hydrogen) atoms. The maximum Gasteiger partial charge on any atom is 0.246 e. The van der Waals surface area contributed by atoms with Crippen molar-refractivity contribution in [2.75, 3.05) is 26.4 Å². The Morgan fingerprint density at radius 2 is 2.28 bits per heavy atom. The van der Waals surface area contributed by atoms with Gasteiger partial charge in [-0.25, -0.2) is 4.98 Å². The highest BCUT2D eigenvalue weighted by molar-refractivity contribution is 5.80. The van der Waals surface area contributed by atoms with Crippen LogP contribution in [0, 0.1) is 13.8 Å². The third-order valence-corrected chi connectivity index (χ3v) is 4.72. The molecule has 1 aliphatic heterocycles. The van der Waals surface area contributed by atoms with E-state index >= 15 is 0 Å². The Morgan fingerprint density at radius 1 is 1.40 bits per heavy atom. The fourth-order valence-corrected chi connectivity index (χ4v) is 3.08. The quantitative estimate of drug-likeness (QED) is 0.808. The summed E-state index contributed by atoms with van der Waals surface area (Å²) in [5, 5.41) is 2.87. The SMILES string of the molecule is Cc1ccc2[nH]c(CCNC(=O)COCC3CCCCO3)nc2c1C. The third kappa shape index (κ3) is 4.80. The first-order valence-electron chi connectivity index (χ1n) is 9.04. The summed E-state index contributed by atoms with van der Waals surface area (Å²) in [6.45, 7) is 6.09. The molecule has 1 aromatic carbocycles. The van der Waals surface area contributed by atoms with Crippen LogP contribution in [0.25, 0.3) is 11.0 Å². The van der Waals surface area contributed by atoms with Crippen molar-refractivity contribution in [1.82, 2.24) is 15.3 Å². The monoisotopic (exact) mass is 345 g/mol. The van der Waals surface area contributed by atoms with Crippen LogP contribution in [-0.2, 0) is 20.7 Å². The van der Waals surface area contributed by atoms with Crippen LogP contribution in [0.2, 0.25) is 0 Å². The molecular formula is C19H27N3O3. The summed E-state index contributed by atoms with van der Waals surface area (Å²) in [6, 6.07) is 4.14. The molecule has 1 aromatic heterocycles. The molecular weight excluding hydrogens is 318 g/mol. The Morgan fingerprint density at radius 3 is 3.08 bits per heavy atom. The van der Waals surface area contributed by atoms with Crippen molar-refractivity contribution in [2.45, 2.75) is 45.6 Å². The lowest BCUT2D eigenvalue weighted by Gasteiger charge is -2.22. The number of aryl methyl sites for hydroxylation is 2. The van der Waals surface area contributed by atoms with Crippen molar-refractivity contribution >= 4 is 16.9 Å². The average molecular weight is 345 g/mol. The normalized spacial score (nSPS) is 17.8. The van der Waals surface area contributed by atoms with Gasteiger partial charge in [-0.2, -0.15) is 0 Å². The number of aromatic amines is 1. The lowest BCUT2D eigenvalue weighted by molar-refractivity contribution is -0.127. The number of carbonyl (C=O) groups excluding carboxylic acids is 1. The minimum Gasteiger partial charge on any atom is -0.376 e. The molecule has 1 aliphatic rings. The first-order chi connectivity index (χ1) is 12.1. The van der Waals surface area contributed by atoms with Crippen LogP contribution in [0.3, 0.4) is 0 Å². The van der Waals surface area contributed by atoms with Crippen LogP contribution >= 0.6 is 0 Å². The molecule has 1 unspecified atom stereocenters. The van der Waals surface area contributed by atoms with Crippen molar-refractivity contribution in [3.63, 3.8) is 0 Å². The fourth-order valence-electron chi connectivity index (χ4n) is 3.08. The number of hydrogen-bond acceptors (Lipinski definition) is 4. The number of carbonyl (C=O) groups is 1. The van der Waals surface area contributed by atoms with Gasteiger partial charge in [0.15, 0.2) is 0 Å². The lowest BCUT2D eigenvalue weighted by Crippen LogP contribution is -2.32. The molecule has 0 spiro atoms. The second-order valence-corrected chi connectivity index (χ2v) is 6.69. The number of nitrogens with zero attached hydrogens (tertiary/aromatic N) is 1. The van der Waals surface area contributed by atoms with Gasteiger partial charge in [-0.15, -0.1) is 0 Å². The van der Waals surface area contributed by atoms with Gasteiger partial charge in [-0.05, 0) is 50.3 Å². The van der Waals surface area contributed by atoms with E-state index in [1.165, 1.54) is 17.5 Å². The number of aromatic nitrogens is 2. The van der Waals surface area contributed by atoms with E-state index in [1.54, 1.807) is 0 Å². The molecule has 6 nitrogen and oxygen atoms in total. The molecule has 0 bridgehead atoms. The molecule has 0 saturated carbocycles. The summed E-state index contributed by atoms with van der Waals surface area (Å²) in [7, 11) is 0. The number of ether oxygens (including phenoxy) is 2. The maximum absolute atomic E-state index is 11.8. The lowest BCUT2D eigenvalue weighted by atomic mass is 10.1. The van der Waals surface area contributed by atoms with E-state index in [2.05, 4.69) is 35.2 Å². The van der Waals surface area contributed by atoms with E-state index in [0.29, 0.717) is 19.6 Å². The van der Waals surface area contributed by atoms with Crippen LogP contribution in [0.4, 0.5) is 0 Å². The largest absolute Gasteiger partial charge is 0.376 e. The zero-order valence-electron chi connectivity index (χ0n) is 15.1. The van der Waals surface area contributed by atoms with Crippen molar-refractivity contribution in [3.8, 4) is 0 Å². The summed E-state index contributed by atoms with van der Waals surface area (Å²) in [5.74, 6) is 0.791. The first kappa shape index (κ1) is 17.9. The first-order valence-corrected chi connectivity index (χ1v) is 9.04. The van der Waals surface area contributed by atoms with Crippen LogP contribution in [0.5, 0.6) is 0 Å². The fraction of sp³-hybridized carbons (Fsp3) is 0.579. The van der Waals surface area contributed by atoms with Gasteiger partial charge in [0.05, 0.1) is 23.7 Å². The molecule has 1 fully saturated rings. The van der Waals surface area contributed by atoms with Gasteiger partial charge in [0, 0.05) is 19.6 Å². The Bertz CT molecular complexity index is 720. The molecule has 0 aliphatic carbocycles. The van der Waals surface area contributed by atoms with Crippen LogP contribution in [0.1, 0.15) is 36.2 Å². The summed E-state index contributed by atoms with van der Waals surface area (Å²) >= 11 is 0. The molecule has 6 heteroatoms. The van der Waals surface area contributed by atoms with E-state index in [9.17, 15) is 4.79 Å². The average Bonchev–Trinajstić information content (AvgIpc) is 3.03. The zero-order chi connectivity index (χ0) is 17.6.